The quantitative estimate of drug-likeness (QED) is 0.764. The molecular formula is C19H24N4O. The van der Waals surface area contributed by atoms with Gasteiger partial charge in [-0.25, -0.2) is 4.99 Å². The van der Waals surface area contributed by atoms with Gasteiger partial charge in [-0.05, 0) is 38.2 Å². The van der Waals surface area contributed by atoms with Crippen molar-refractivity contribution in [2.75, 3.05) is 6.61 Å². The average molecular weight is 324 g/mol. The highest BCUT2D eigenvalue weighted by Gasteiger charge is 2.27. The number of hydrogen-bond donors (Lipinski definition) is 2. The van der Waals surface area contributed by atoms with Gasteiger partial charge in [-0.1, -0.05) is 24.3 Å². The Bertz CT molecular complexity index is 669. The summed E-state index contributed by atoms with van der Waals surface area (Å²) in [5, 5.41) is 6.83. The lowest BCUT2D eigenvalue weighted by atomic mass is 9.97. The molecule has 0 amide bonds. The van der Waals surface area contributed by atoms with Crippen LogP contribution < -0.4 is 10.6 Å². The highest BCUT2D eigenvalue weighted by molar-refractivity contribution is 6.12. The molecule has 2 N–H and O–H groups in total. The van der Waals surface area contributed by atoms with Gasteiger partial charge in [0, 0.05) is 24.3 Å². The molecule has 2 aliphatic carbocycles. The number of ether oxygens (including phenoxy) is 1. The fraction of sp³-hybridized carbons (Fsp3) is 0.474. The Hall–Kier alpha value is -2.30. The van der Waals surface area contributed by atoms with Crippen molar-refractivity contribution in [1.82, 2.24) is 10.6 Å². The maximum Gasteiger partial charge on any atom is 0.218 e. The van der Waals surface area contributed by atoms with Crippen molar-refractivity contribution in [2.24, 2.45) is 15.9 Å². The molecule has 2 heterocycles. The number of allylic oxidation sites excluding steroid dienone is 6. The Kier molecular flexibility index (Phi) is 4.49. The van der Waals surface area contributed by atoms with Gasteiger partial charge in [-0.2, -0.15) is 0 Å². The number of nitrogens with zero attached hydrogens (tertiary/aromatic N) is 2. The summed E-state index contributed by atoms with van der Waals surface area (Å²) in [6.45, 7) is 0.698. The third kappa shape index (κ3) is 3.45. The van der Waals surface area contributed by atoms with Crippen molar-refractivity contribution in [2.45, 2.75) is 44.8 Å². The van der Waals surface area contributed by atoms with Crippen LogP contribution in [0.3, 0.4) is 0 Å². The van der Waals surface area contributed by atoms with Crippen molar-refractivity contribution in [3.8, 4) is 0 Å². The minimum atomic E-state index is -0.180. The third-order valence-corrected chi connectivity index (χ3v) is 4.68. The van der Waals surface area contributed by atoms with Gasteiger partial charge >= 0.3 is 0 Å². The maximum atomic E-state index is 6.11. The van der Waals surface area contributed by atoms with Crippen LogP contribution in [0.15, 0.2) is 57.6 Å². The summed E-state index contributed by atoms with van der Waals surface area (Å²) in [6, 6.07) is 0. The zero-order valence-electron chi connectivity index (χ0n) is 13.9. The monoisotopic (exact) mass is 324 g/mol. The van der Waals surface area contributed by atoms with E-state index in [1.54, 1.807) is 0 Å². The first-order valence-electron chi connectivity index (χ1n) is 8.90. The molecular weight excluding hydrogens is 300 g/mol. The van der Waals surface area contributed by atoms with Crippen LogP contribution in [0.5, 0.6) is 0 Å². The van der Waals surface area contributed by atoms with Gasteiger partial charge < -0.3 is 15.4 Å². The Morgan fingerprint density at radius 2 is 2.29 bits per heavy atom. The van der Waals surface area contributed by atoms with Crippen molar-refractivity contribution in [3.63, 3.8) is 0 Å². The van der Waals surface area contributed by atoms with Crippen LogP contribution in [-0.4, -0.2) is 24.8 Å². The van der Waals surface area contributed by atoms with Crippen LogP contribution in [0.2, 0.25) is 0 Å². The van der Waals surface area contributed by atoms with E-state index in [-0.39, 0.29) is 6.29 Å². The first-order valence-corrected chi connectivity index (χ1v) is 8.90. The van der Waals surface area contributed by atoms with Gasteiger partial charge in [0.15, 0.2) is 6.29 Å². The SMILES string of the molecule is C1=CCCC(NC2N=C3CC=NC3=C(OCC3C=CCCC3)N2)=C1. The van der Waals surface area contributed by atoms with Gasteiger partial charge in [0.1, 0.15) is 5.70 Å². The summed E-state index contributed by atoms with van der Waals surface area (Å²) in [5.74, 6) is 1.26. The van der Waals surface area contributed by atoms with Gasteiger partial charge in [-0.15, -0.1) is 0 Å². The molecule has 2 unspecified atom stereocenters. The molecule has 0 radical (unpaired) electrons. The number of hydrogen-bond acceptors (Lipinski definition) is 5. The molecule has 0 aromatic heterocycles. The highest BCUT2D eigenvalue weighted by atomic mass is 16.5. The first-order chi connectivity index (χ1) is 11.9. The molecule has 0 saturated heterocycles. The summed E-state index contributed by atoms with van der Waals surface area (Å²) in [7, 11) is 0. The van der Waals surface area contributed by atoms with Crippen LogP contribution in [0.4, 0.5) is 0 Å². The Morgan fingerprint density at radius 1 is 1.29 bits per heavy atom. The van der Waals surface area contributed by atoms with Crippen LogP contribution in [0.1, 0.15) is 38.5 Å². The second kappa shape index (κ2) is 7.07. The Morgan fingerprint density at radius 3 is 3.12 bits per heavy atom. The van der Waals surface area contributed by atoms with Crippen molar-refractivity contribution in [1.29, 1.82) is 0 Å². The second-order valence-electron chi connectivity index (χ2n) is 6.55. The van der Waals surface area contributed by atoms with E-state index in [1.807, 2.05) is 6.21 Å². The summed E-state index contributed by atoms with van der Waals surface area (Å²) in [5.41, 5.74) is 3.08. The van der Waals surface area contributed by atoms with Gasteiger partial charge in [-0.3, -0.25) is 4.99 Å². The molecule has 5 heteroatoms. The first kappa shape index (κ1) is 15.2. The smallest absolute Gasteiger partial charge is 0.218 e. The normalized spacial score (nSPS) is 28.2. The van der Waals surface area contributed by atoms with E-state index in [1.165, 1.54) is 25.0 Å². The molecule has 0 bridgehead atoms. The van der Waals surface area contributed by atoms with E-state index in [4.69, 9.17) is 9.73 Å². The Balaban J connectivity index is 1.43. The molecule has 0 aromatic carbocycles. The third-order valence-electron chi connectivity index (χ3n) is 4.68. The zero-order valence-corrected chi connectivity index (χ0v) is 13.9. The molecule has 0 spiro atoms. The fourth-order valence-corrected chi connectivity index (χ4v) is 3.37. The van der Waals surface area contributed by atoms with Crippen molar-refractivity contribution < 1.29 is 4.74 Å². The molecule has 0 saturated carbocycles. The van der Waals surface area contributed by atoms with E-state index >= 15 is 0 Å². The fourth-order valence-electron chi connectivity index (χ4n) is 3.37. The van der Waals surface area contributed by atoms with Crippen LogP contribution >= 0.6 is 0 Å². The molecule has 5 nitrogen and oxygen atoms in total. The van der Waals surface area contributed by atoms with E-state index in [0.717, 1.165) is 36.6 Å². The van der Waals surface area contributed by atoms with Crippen molar-refractivity contribution >= 4 is 11.9 Å². The average Bonchev–Trinajstić information content (AvgIpc) is 3.10. The van der Waals surface area contributed by atoms with Crippen molar-refractivity contribution in [3.05, 3.63) is 47.7 Å². The molecule has 126 valence electrons. The minimum Gasteiger partial charge on any atom is -0.477 e. The van der Waals surface area contributed by atoms with Gasteiger partial charge in [0.25, 0.3) is 0 Å². The van der Waals surface area contributed by atoms with Gasteiger partial charge in [0.05, 0.1) is 12.3 Å². The van der Waals surface area contributed by atoms with E-state index < -0.39 is 0 Å². The molecule has 24 heavy (non-hydrogen) atoms. The van der Waals surface area contributed by atoms with Crippen LogP contribution in [0.25, 0.3) is 0 Å². The van der Waals surface area contributed by atoms with Crippen LogP contribution in [-0.2, 0) is 4.74 Å². The predicted octanol–water partition coefficient (Wildman–Crippen LogP) is 3.15. The summed E-state index contributed by atoms with van der Waals surface area (Å²) in [6.07, 6.45) is 19.2. The summed E-state index contributed by atoms with van der Waals surface area (Å²) in [4.78, 5) is 9.18. The second-order valence-corrected chi connectivity index (χ2v) is 6.55. The molecule has 4 rings (SSSR count). The zero-order chi connectivity index (χ0) is 16.2. The lowest BCUT2D eigenvalue weighted by Crippen LogP contribution is -2.44. The Labute approximate surface area is 143 Å². The lowest BCUT2D eigenvalue weighted by molar-refractivity contribution is 0.147. The van der Waals surface area contributed by atoms with Crippen LogP contribution in [0, 0.1) is 5.92 Å². The number of rotatable bonds is 5. The topological polar surface area (TPSA) is 58.0 Å². The molecule has 2 aliphatic heterocycles. The molecule has 0 aromatic rings. The number of nitrogens with one attached hydrogen (secondary N) is 2. The molecule has 0 fully saturated rings. The van der Waals surface area contributed by atoms with E-state index in [0.29, 0.717) is 12.5 Å². The lowest BCUT2D eigenvalue weighted by Gasteiger charge is -2.28. The maximum absolute atomic E-state index is 6.11. The minimum absolute atomic E-state index is 0.180. The van der Waals surface area contributed by atoms with Gasteiger partial charge in [0.2, 0.25) is 5.88 Å². The number of fused-ring (bicyclic) bond motifs is 1. The van der Waals surface area contributed by atoms with E-state index in [2.05, 4.69) is 46.0 Å². The predicted molar refractivity (Wildman–Crippen MR) is 96.5 cm³/mol. The summed E-state index contributed by atoms with van der Waals surface area (Å²) >= 11 is 0. The highest BCUT2D eigenvalue weighted by Crippen LogP contribution is 2.23. The summed E-state index contributed by atoms with van der Waals surface area (Å²) < 4.78 is 6.11. The molecule has 4 aliphatic rings. The van der Waals surface area contributed by atoms with E-state index in [9.17, 15) is 0 Å². The molecule has 2 atom stereocenters. The standard InChI is InChI=1S/C19H24N4O/c1-3-7-14(8-4-1)13-24-18-17-16(11-12-20-17)22-19(23-18)21-15-9-5-2-6-10-15/h2-3,5,7,9,12,14,19,21,23H,1,4,6,8,10-11,13H2. The number of aliphatic imine (C=N–C) groups is 2. The largest absolute Gasteiger partial charge is 0.477 e.